The van der Waals surface area contributed by atoms with E-state index in [0.717, 1.165) is 5.56 Å². The van der Waals surface area contributed by atoms with E-state index in [9.17, 15) is 4.79 Å². The minimum atomic E-state index is -0.374. The molecule has 0 saturated heterocycles. The number of rotatable bonds is 3. The molecule has 0 spiro atoms. The van der Waals surface area contributed by atoms with Crippen LogP contribution < -0.4 is 0 Å². The summed E-state index contributed by atoms with van der Waals surface area (Å²) in [6, 6.07) is 7.99. The number of aliphatic hydroxyl groups is 1. The molecule has 0 atom stereocenters. The first-order valence-electron chi connectivity index (χ1n) is 5.15. The van der Waals surface area contributed by atoms with E-state index in [1.54, 1.807) is 0 Å². The Balaban J connectivity index is 2.77. The van der Waals surface area contributed by atoms with Crippen LogP contribution in [0.25, 0.3) is 0 Å². The second-order valence-corrected chi connectivity index (χ2v) is 4.82. The molecule has 0 aliphatic rings. The molecule has 15 heavy (non-hydrogen) atoms. The molecule has 0 fully saturated rings. The van der Waals surface area contributed by atoms with Gasteiger partial charge >= 0.3 is 0 Å². The SMILES string of the molecule is CC(C)(C)c1ccc(CC(=O)CO)cc1. The van der Waals surface area contributed by atoms with Gasteiger partial charge in [-0.2, -0.15) is 0 Å². The van der Waals surface area contributed by atoms with E-state index < -0.39 is 0 Å². The maximum atomic E-state index is 11.0. The maximum Gasteiger partial charge on any atom is 0.162 e. The van der Waals surface area contributed by atoms with Crippen molar-refractivity contribution in [1.82, 2.24) is 0 Å². The first-order valence-corrected chi connectivity index (χ1v) is 5.15. The zero-order valence-electron chi connectivity index (χ0n) is 9.58. The van der Waals surface area contributed by atoms with Crippen molar-refractivity contribution in [2.45, 2.75) is 32.6 Å². The third kappa shape index (κ3) is 3.48. The molecule has 0 saturated carbocycles. The van der Waals surface area contributed by atoms with Crippen LogP contribution in [0, 0.1) is 0 Å². The lowest BCUT2D eigenvalue weighted by molar-refractivity contribution is -0.121. The largest absolute Gasteiger partial charge is 0.389 e. The monoisotopic (exact) mass is 206 g/mol. The van der Waals surface area contributed by atoms with Gasteiger partial charge in [0, 0.05) is 6.42 Å². The Morgan fingerprint density at radius 2 is 1.73 bits per heavy atom. The van der Waals surface area contributed by atoms with E-state index >= 15 is 0 Å². The van der Waals surface area contributed by atoms with Gasteiger partial charge in [-0.05, 0) is 16.5 Å². The zero-order valence-corrected chi connectivity index (χ0v) is 9.58. The summed E-state index contributed by atoms with van der Waals surface area (Å²) in [6.45, 7) is 6.09. The fraction of sp³-hybridized carbons (Fsp3) is 0.462. The van der Waals surface area contributed by atoms with Crippen LogP contribution in [0.1, 0.15) is 31.9 Å². The van der Waals surface area contributed by atoms with Crippen molar-refractivity contribution >= 4 is 5.78 Å². The summed E-state index contributed by atoms with van der Waals surface area (Å²) in [5.74, 6) is -0.140. The lowest BCUT2D eigenvalue weighted by Crippen LogP contribution is -2.11. The van der Waals surface area contributed by atoms with Crippen molar-refractivity contribution in [3.8, 4) is 0 Å². The zero-order chi connectivity index (χ0) is 11.5. The minimum absolute atomic E-state index is 0.138. The number of carbonyl (C=O) groups is 1. The van der Waals surface area contributed by atoms with Gasteiger partial charge in [-0.25, -0.2) is 0 Å². The van der Waals surface area contributed by atoms with E-state index in [0.29, 0.717) is 6.42 Å². The van der Waals surface area contributed by atoms with E-state index in [1.807, 2.05) is 24.3 Å². The fourth-order valence-electron chi connectivity index (χ4n) is 1.41. The lowest BCUT2D eigenvalue weighted by Gasteiger charge is -2.19. The molecule has 0 radical (unpaired) electrons. The Labute approximate surface area is 90.9 Å². The molecular weight excluding hydrogens is 188 g/mol. The van der Waals surface area contributed by atoms with Gasteiger partial charge in [0.2, 0.25) is 0 Å². The molecular formula is C13H18O2. The quantitative estimate of drug-likeness (QED) is 0.822. The molecule has 1 rings (SSSR count). The number of hydrogen-bond donors (Lipinski definition) is 1. The molecule has 0 aliphatic heterocycles. The van der Waals surface area contributed by atoms with Crippen molar-refractivity contribution in [2.75, 3.05) is 6.61 Å². The fourth-order valence-corrected chi connectivity index (χ4v) is 1.41. The first-order chi connectivity index (χ1) is 6.93. The summed E-state index contributed by atoms with van der Waals surface area (Å²) < 4.78 is 0. The van der Waals surface area contributed by atoms with Crippen molar-refractivity contribution < 1.29 is 9.90 Å². The molecule has 0 bridgehead atoms. The summed E-state index contributed by atoms with van der Waals surface area (Å²) in [5, 5.41) is 8.63. The third-order valence-electron chi connectivity index (χ3n) is 2.40. The van der Waals surface area contributed by atoms with E-state index in [4.69, 9.17) is 5.11 Å². The van der Waals surface area contributed by atoms with Crippen molar-refractivity contribution in [2.24, 2.45) is 0 Å². The molecule has 1 N–H and O–H groups in total. The predicted octanol–water partition coefficient (Wildman–Crippen LogP) is 2.09. The molecule has 0 amide bonds. The van der Waals surface area contributed by atoms with E-state index in [2.05, 4.69) is 20.8 Å². The van der Waals surface area contributed by atoms with Gasteiger partial charge in [0.1, 0.15) is 6.61 Å². The molecule has 1 aromatic rings. The highest BCUT2D eigenvalue weighted by molar-refractivity contribution is 5.81. The number of hydrogen-bond acceptors (Lipinski definition) is 2. The minimum Gasteiger partial charge on any atom is -0.389 e. The van der Waals surface area contributed by atoms with E-state index in [-0.39, 0.29) is 17.8 Å². The average Bonchev–Trinajstić information content (AvgIpc) is 2.17. The van der Waals surface area contributed by atoms with Crippen molar-refractivity contribution in [3.05, 3.63) is 35.4 Å². The van der Waals surface area contributed by atoms with Crippen molar-refractivity contribution in [1.29, 1.82) is 0 Å². The summed E-state index contributed by atoms with van der Waals surface area (Å²) in [6.07, 6.45) is 0.320. The van der Waals surface area contributed by atoms with Crippen LogP contribution in [0.3, 0.4) is 0 Å². The highest BCUT2D eigenvalue weighted by Gasteiger charge is 2.13. The maximum absolute atomic E-state index is 11.0. The predicted molar refractivity (Wildman–Crippen MR) is 60.9 cm³/mol. The summed E-state index contributed by atoms with van der Waals surface area (Å²) in [4.78, 5) is 11.0. The molecule has 2 nitrogen and oxygen atoms in total. The van der Waals surface area contributed by atoms with Crippen LogP contribution in [-0.2, 0) is 16.6 Å². The second kappa shape index (κ2) is 4.58. The Bertz CT molecular complexity index is 331. The van der Waals surface area contributed by atoms with Crippen LogP contribution in [0.15, 0.2) is 24.3 Å². The highest BCUT2D eigenvalue weighted by atomic mass is 16.3. The number of carbonyl (C=O) groups excluding carboxylic acids is 1. The van der Waals surface area contributed by atoms with Gasteiger partial charge in [0.05, 0.1) is 0 Å². The number of ketones is 1. The first kappa shape index (κ1) is 11.9. The summed E-state index contributed by atoms with van der Waals surface area (Å²) >= 11 is 0. The van der Waals surface area contributed by atoms with Gasteiger partial charge in [-0.3, -0.25) is 4.79 Å². The van der Waals surface area contributed by atoms with Crippen molar-refractivity contribution in [3.63, 3.8) is 0 Å². The van der Waals surface area contributed by atoms with Crippen LogP contribution in [0.4, 0.5) is 0 Å². The smallest absolute Gasteiger partial charge is 0.162 e. The highest BCUT2D eigenvalue weighted by Crippen LogP contribution is 2.22. The number of benzene rings is 1. The summed E-state index contributed by atoms with van der Waals surface area (Å²) in [7, 11) is 0. The second-order valence-electron chi connectivity index (χ2n) is 4.82. The van der Waals surface area contributed by atoms with Gasteiger partial charge in [-0.15, -0.1) is 0 Å². The van der Waals surface area contributed by atoms with Gasteiger partial charge in [0.15, 0.2) is 5.78 Å². The third-order valence-corrected chi connectivity index (χ3v) is 2.40. The van der Waals surface area contributed by atoms with Gasteiger partial charge in [-0.1, -0.05) is 45.0 Å². The molecule has 0 aliphatic carbocycles. The standard InChI is InChI=1S/C13H18O2/c1-13(2,3)11-6-4-10(5-7-11)8-12(15)9-14/h4-7,14H,8-9H2,1-3H3. The number of aliphatic hydroxyl groups excluding tert-OH is 1. The van der Waals surface area contributed by atoms with Crippen LogP contribution >= 0.6 is 0 Å². The Morgan fingerprint density at radius 3 is 2.13 bits per heavy atom. The van der Waals surface area contributed by atoms with Crippen LogP contribution in [-0.4, -0.2) is 17.5 Å². The topological polar surface area (TPSA) is 37.3 Å². The van der Waals surface area contributed by atoms with Gasteiger partial charge in [0.25, 0.3) is 0 Å². The van der Waals surface area contributed by atoms with Gasteiger partial charge < -0.3 is 5.11 Å². The molecule has 0 unspecified atom stereocenters. The van der Waals surface area contributed by atoms with Crippen LogP contribution in [0.5, 0.6) is 0 Å². The number of Topliss-reactive ketones (excluding diaryl/α,β-unsaturated/α-hetero) is 1. The Morgan fingerprint density at radius 1 is 1.20 bits per heavy atom. The summed E-state index contributed by atoms with van der Waals surface area (Å²) in [5.41, 5.74) is 2.35. The van der Waals surface area contributed by atoms with Crippen LogP contribution in [0.2, 0.25) is 0 Å². The molecule has 1 aromatic carbocycles. The molecule has 2 heteroatoms. The molecule has 0 heterocycles. The van der Waals surface area contributed by atoms with E-state index in [1.165, 1.54) is 5.56 Å². The lowest BCUT2D eigenvalue weighted by atomic mass is 9.86. The Kier molecular flexibility index (Phi) is 3.64. The average molecular weight is 206 g/mol. The normalized spacial score (nSPS) is 11.5. The molecule has 82 valence electrons. The molecule has 0 aromatic heterocycles. The Hall–Kier alpha value is -1.15.